The number of nitrogens with zero attached hydrogens (tertiary/aromatic N) is 1. The fraction of sp³-hybridized carbons (Fsp3) is 0.316. The molecule has 3 heteroatoms. The smallest absolute Gasteiger partial charge is 0.210 e. The van der Waals surface area contributed by atoms with E-state index in [1.165, 1.54) is 16.7 Å². The number of carbonyl (C=O) groups is 1. The van der Waals surface area contributed by atoms with Crippen LogP contribution in [-0.4, -0.2) is 24.5 Å². The molecule has 0 saturated heterocycles. The third-order valence-corrected chi connectivity index (χ3v) is 3.98. The summed E-state index contributed by atoms with van der Waals surface area (Å²) in [6.45, 7) is 4.79. The van der Waals surface area contributed by atoms with E-state index in [9.17, 15) is 4.79 Å². The number of carbonyl (C=O) groups excluding carboxylic acids is 1. The molecule has 0 N–H and O–H groups in total. The van der Waals surface area contributed by atoms with Gasteiger partial charge in [-0.25, -0.2) is 0 Å². The lowest BCUT2D eigenvalue weighted by molar-refractivity contribution is -0.120. The third-order valence-electron chi connectivity index (χ3n) is 3.98. The first-order chi connectivity index (χ1) is 10.6. The number of rotatable bonds is 7. The highest BCUT2D eigenvalue weighted by molar-refractivity contribution is 5.48. The Labute approximate surface area is 132 Å². The predicted octanol–water partition coefficient (Wildman–Crippen LogP) is 3.59. The molecular formula is C19H23NO2. The fourth-order valence-corrected chi connectivity index (χ4v) is 2.54. The van der Waals surface area contributed by atoms with Crippen molar-refractivity contribution in [2.24, 2.45) is 0 Å². The standard InChI is InChI=1S/C19H23NO2/c1-15-7-4-5-9-18(15)13-20(14-21)16(2)11-17-8-6-10-19(12-17)22-3/h4-10,12,14,16H,11,13H2,1-3H3/t16-/m1/s1. The maximum atomic E-state index is 11.5. The number of ether oxygens (including phenoxy) is 1. The molecule has 2 aromatic carbocycles. The highest BCUT2D eigenvalue weighted by Gasteiger charge is 2.14. The van der Waals surface area contributed by atoms with Crippen LogP contribution in [-0.2, 0) is 17.8 Å². The van der Waals surface area contributed by atoms with E-state index in [0.29, 0.717) is 6.54 Å². The molecule has 2 rings (SSSR count). The Morgan fingerprint density at radius 1 is 1.18 bits per heavy atom. The molecule has 0 spiro atoms. The predicted molar refractivity (Wildman–Crippen MR) is 88.9 cm³/mol. The molecule has 22 heavy (non-hydrogen) atoms. The number of amides is 1. The molecule has 0 aliphatic carbocycles. The van der Waals surface area contributed by atoms with Crippen molar-refractivity contribution in [2.45, 2.75) is 32.9 Å². The van der Waals surface area contributed by atoms with E-state index in [-0.39, 0.29) is 6.04 Å². The van der Waals surface area contributed by atoms with Crippen LogP contribution in [0.4, 0.5) is 0 Å². The Bertz CT molecular complexity index is 624. The second-order valence-corrected chi connectivity index (χ2v) is 5.61. The maximum Gasteiger partial charge on any atom is 0.210 e. The molecule has 0 unspecified atom stereocenters. The average Bonchev–Trinajstić information content (AvgIpc) is 2.54. The molecule has 0 heterocycles. The normalized spacial score (nSPS) is 11.8. The van der Waals surface area contributed by atoms with E-state index in [0.717, 1.165) is 18.6 Å². The summed E-state index contributed by atoms with van der Waals surface area (Å²) in [5.74, 6) is 0.848. The Kier molecular flexibility index (Phi) is 5.59. The van der Waals surface area contributed by atoms with E-state index < -0.39 is 0 Å². The van der Waals surface area contributed by atoms with Gasteiger partial charge < -0.3 is 9.64 Å². The largest absolute Gasteiger partial charge is 0.497 e. The van der Waals surface area contributed by atoms with Gasteiger partial charge >= 0.3 is 0 Å². The second-order valence-electron chi connectivity index (χ2n) is 5.61. The van der Waals surface area contributed by atoms with Crippen LogP contribution in [0.1, 0.15) is 23.6 Å². The number of benzene rings is 2. The van der Waals surface area contributed by atoms with Crippen LogP contribution >= 0.6 is 0 Å². The summed E-state index contributed by atoms with van der Waals surface area (Å²) in [4.78, 5) is 13.3. The quantitative estimate of drug-likeness (QED) is 0.731. The molecule has 1 amide bonds. The summed E-state index contributed by atoms with van der Waals surface area (Å²) in [6.07, 6.45) is 1.75. The SMILES string of the molecule is COc1cccc(C[C@@H](C)N(C=O)Cc2ccccc2C)c1. The maximum absolute atomic E-state index is 11.5. The zero-order chi connectivity index (χ0) is 15.9. The van der Waals surface area contributed by atoms with Crippen molar-refractivity contribution >= 4 is 6.41 Å². The molecule has 1 atom stereocenters. The van der Waals surface area contributed by atoms with Crippen molar-refractivity contribution in [1.29, 1.82) is 0 Å². The monoisotopic (exact) mass is 297 g/mol. The lowest BCUT2D eigenvalue weighted by atomic mass is 10.0. The van der Waals surface area contributed by atoms with Crippen LogP contribution in [0.15, 0.2) is 48.5 Å². The lowest BCUT2D eigenvalue weighted by Gasteiger charge is -2.26. The molecule has 0 aliphatic heterocycles. The Hall–Kier alpha value is -2.29. The van der Waals surface area contributed by atoms with Gasteiger partial charge in [0.05, 0.1) is 7.11 Å². The Balaban J connectivity index is 2.07. The van der Waals surface area contributed by atoms with Crippen molar-refractivity contribution < 1.29 is 9.53 Å². The van der Waals surface area contributed by atoms with Crippen molar-refractivity contribution in [1.82, 2.24) is 4.90 Å². The van der Waals surface area contributed by atoms with Gasteiger partial charge in [0.1, 0.15) is 5.75 Å². The molecule has 0 bridgehead atoms. The minimum absolute atomic E-state index is 0.129. The number of aryl methyl sites for hydroxylation is 1. The van der Waals surface area contributed by atoms with E-state index in [4.69, 9.17) is 4.74 Å². The minimum atomic E-state index is 0.129. The first-order valence-electron chi connectivity index (χ1n) is 7.52. The van der Waals surface area contributed by atoms with Crippen molar-refractivity contribution in [2.75, 3.05) is 7.11 Å². The van der Waals surface area contributed by atoms with Gasteiger partial charge in [-0.2, -0.15) is 0 Å². The van der Waals surface area contributed by atoms with Crippen LogP contribution in [0, 0.1) is 6.92 Å². The summed E-state index contributed by atoms with van der Waals surface area (Å²) < 4.78 is 5.25. The topological polar surface area (TPSA) is 29.5 Å². The molecule has 0 fully saturated rings. The molecular weight excluding hydrogens is 274 g/mol. The van der Waals surface area contributed by atoms with Crippen LogP contribution in [0.3, 0.4) is 0 Å². The van der Waals surface area contributed by atoms with Gasteiger partial charge in [-0.1, -0.05) is 36.4 Å². The molecule has 3 nitrogen and oxygen atoms in total. The summed E-state index contributed by atoms with van der Waals surface area (Å²) >= 11 is 0. The summed E-state index contributed by atoms with van der Waals surface area (Å²) in [7, 11) is 1.67. The van der Waals surface area contributed by atoms with Crippen LogP contribution in [0.2, 0.25) is 0 Å². The zero-order valence-corrected chi connectivity index (χ0v) is 13.5. The summed E-state index contributed by atoms with van der Waals surface area (Å²) in [5, 5.41) is 0. The molecule has 0 saturated carbocycles. The fourth-order valence-electron chi connectivity index (χ4n) is 2.54. The summed E-state index contributed by atoms with van der Waals surface area (Å²) in [5.41, 5.74) is 3.57. The van der Waals surface area contributed by atoms with Crippen molar-refractivity contribution in [3.05, 3.63) is 65.2 Å². The highest BCUT2D eigenvalue weighted by atomic mass is 16.5. The van der Waals surface area contributed by atoms with Gasteiger partial charge in [0.2, 0.25) is 6.41 Å². The first kappa shape index (κ1) is 16.1. The van der Waals surface area contributed by atoms with Gasteiger partial charge in [0.25, 0.3) is 0 Å². The zero-order valence-electron chi connectivity index (χ0n) is 13.5. The Morgan fingerprint density at radius 3 is 2.64 bits per heavy atom. The van der Waals surface area contributed by atoms with E-state index >= 15 is 0 Å². The van der Waals surface area contributed by atoms with Gasteiger partial charge in [0, 0.05) is 12.6 Å². The summed E-state index contributed by atoms with van der Waals surface area (Å²) in [6, 6.07) is 16.3. The van der Waals surface area contributed by atoms with Crippen LogP contribution in [0.5, 0.6) is 5.75 Å². The molecule has 0 aromatic heterocycles. The van der Waals surface area contributed by atoms with E-state index in [2.05, 4.69) is 32.0 Å². The molecule has 2 aromatic rings. The second kappa shape index (κ2) is 7.64. The van der Waals surface area contributed by atoms with E-state index in [1.54, 1.807) is 7.11 Å². The minimum Gasteiger partial charge on any atom is -0.497 e. The molecule has 0 aliphatic rings. The van der Waals surface area contributed by atoms with Gasteiger partial charge in [0.15, 0.2) is 0 Å². The average molecular weight is 297 g/mol. The molecule has 116 valence electrons. The molecule has 0 radical (unpaired) electrons. The number of hydrogen-bond acceptors (Lipinski definition) is 2. The number of hydrogen-bond donors (Lipinski definition) is 0. The van der Waals surface area contributed by atoms with Gasteiger partial charge in [-0.15, -0.1) is 0 Å². The Morgan fingerprint density at radius 2 is 1.95 bits per heavy atom. The van der Waals surface area contributed by atoms with Crippen molar-refractivity contribution in [3.63, 3.8) is 0 Å². The van der Waals surface area contributed by atoms with Crippen molar-refractivity contribution in [3.8, 4) is 5.75 Å². The third kappa shape index (κ3) is 4.10. The van der Waals surface area contributed by atoms with E-state index in [1.807, 2.05) is 35.2 Å². The first-order valence-corrected chi connectivity index (χ1v) is 7.52. The van der Waals surface area contributed by atoms with Gasteiger partial charge in [-0.05, 0) is 49.1 Å². The van der Waals surface area contributed by atoms with Crippen LogP contribution in [0.25, 0.3) is 0 Å². The van der Waals surface area contributed by atoms with Gasteiger partial charge in [-0.3, -0.25) is 4.79 Å². The lowest BCUT2D eigenvalue weighted by Crippen LogP contribution is -2.33. The van der Waals surface area contributed by atoms with Crippen LogP contribution < -0.4 is 4.74 Å². The highest BCUT2D eigenvalue weighted by Crippen LogP contribution is 2.17. The number of methoxy groups -OCH3 is 1.